The number of amides is 1. The van der Waals surface area contributed by atoms with Crippen molar-refractivity contribution in [3.8, 4) is 0 Å². The van der Waals surface area contributed by atoms with Crippen LogP contribution in [0.15, 0.2) is 67.0 Å². The van der Waals surface area contributed by atoms with Crippen molar-refractivity contribution in [3.63, 3.8) is 0 Å². The van der Waals surface area contributed by atoms with Crippen LogP contribution in [0.2, 0.25) is 0 Å². The number of carbonyl (C=O) groups excluding carboxylic acids is 1. The molecule has 1 aliphatic heterocycles. The van der Waals surface area contributed by atoms with E-state index >= 15 is 0 Å². The van der Waals surface area contributed by atoms with Crippen LogP contribution >= 0.6 is 0 Å². The Balaban J connectivity index is 1.46. The zero-order chi connectivity index (χ0) is 18.6. The van der Waals surface area contributed by atoms with E-state index in [4.69, 9.17) is 4.74 Å². The molecule has 0 saturated heterocycles. The largest absolute Gasteiger partial charge is 0.367 e. The Kier molecular flexibility index (Phi) is 5.03. The maximum absolute atomic E-state index is 12.8. The van der Waals surface area contributed by atoms with Crippen molar-refractivity contribution in [2.75, 3.05) is 13.2 Å². The molecule has 0 bridgehead atoms. The average molecular weight is 361 g/mol. The van der Waals surface area contributed by atoms with Gasteiger partial charge in [0.05, 0.1) is 12.8 Å². The van der Waals surface area contributed by atoms with Gasteiger partial charge in [0.15, 0.2) is 0 Å². The number of hydrogen-bond acceptors (Lipinski definition) is 3. The van der Waals surface area contributed by atoms with E-state index in [-0.39, 0.29) is 18.4 Å². The summed E-state index contributed by atoms with van der Waals surface area (Å²) in [6.45, 7) is 1.82. The minimum Gasteiger partial charge on any atom is -0.367 e. The van der Waals surface area contributed by atoms with E-state index in [0.717, 1.165) is 11.1 Å². The van der Waals surface area contributed by atoms with Gasteiger partial charge in [-0.3, -0.25) is 9.48 Å². The molecule has 5 nitrogen and oxygen atoms in total. The molecule has 2 aromatic carbocycles. The number of aromatic nitrogens is 2. The number of carbonyl (C=O) groups is 1. The van der Waals surface area contributed by atoms with Gasteiger partial charge in [0.25, 0.3) is 0 Å². The third-order valence-corrected chi connectivity index (χ3v) is 5.01. The summed E-state index contributed by atoms with van der Waals surface area (Å²) in [5.41, 5.74) is 4.67. The molecule has 1 unspecified atom stereocenters. The van der Waals surface area contributed by atoms with Gasteiger partial charge in [0.2, 0.25) is 5.91 Å². The Hall–Kier alpha value is -2.92. The smallest absolute Gasteiger partial charge is 0.248 e. The highest BCUT2D eigenvalue weighted by atomic mass is 16.5. The van der Waals surface area contributed by atoms with Crippen molar-refractivity contribution in [2.45, 2.75) is 19.1 Å². The Labute approximate surface area is 159 Å². The molecular formula is C22H23N3O2. The lowest BCUT2D eigenvalue weighted by molar-refractivity contribution is -0.137. The van der Waals surface area contributed by atoms with Crippen LogP contribution in [-0.4, -0.2) is 33.7 Å². The van der Waals surface area contributed by atoms with Gasteiger partial charge in [-0.15, -0.1) is 0 Å². The Morgan fingerprint density at radius 2 is 1.93 bits per heavy atom. The highest BCUT2D eigenvalue weighted by Gasteiger charge is 2.29. The number of rotatable bonds is 5. The molecular weight excluding hydrogens is 338 g/mol. The lowest BCUT2D eigenvalue weighted by Crippen LogP contribution is -2.40. The standard InChI is InChI=1S/C22H23N3O2/c1-24-12-19(11-23-24)21-14-25(13-18-9-5-6-10-20(18)21)22(26)16-27-15-17-7-3-2-4-8-17/h2-12,21H,13-16H2,1H3. The van der Waals surface area contributed by atoms with Crippen molar-refractivity contribution in [1.29, 1.82) is 0 Å². The van der Waals surface area contributed by atoms with E-state index in [1.54, 1.807) is 0 Å². The van der Waals surface area contributed by atoms with Gasteiger partial charge < -0.3 is 9.64 Å². The third-order valence-electron chi connectivity index (χ3n) is 5.01. The normalized spacial score (nSPS) is 16.2. The van der Waals surface area contributed by atoms with Crippen LogP contribution in [-0.2, 0) is 29.7 Å². The van der Waals surface area contributed by atoms with E-state index in [2.05, 4.69) is 23.3 Å². The van der Waals surface area contributed by atoms with Gasteiger partial charge in [0, 0.05) is 32.3 Å². The number of aryl methyl sites for hydroxylation is 1. The van der Waals surface area contributed by atoms with Crippen LogP contribution in [0.5, 0.6) is 0 Å². The predicted molar refractivity (Wildman–Crippen MR) is 103 cm³/mol. The summed E-state index contributed by atoms with van der Waals surface area (Å²) in [6.07, 6.45) is 3.92. The SMILES string of the molecule is Cn1cc(C2CN(C(=O)COCc3ccccc3)Cc3ccccc32)cn1. The van der Waals surface area contributed by atoms with E-state index < -0.39 is 0 Å². The van der Waals surface area contributed by atoms with Crippen molar-refractivity contribution in [3.05, 3.63) is 89.2 Å². The van der Waals surface area contributed by atoms with Crippen LogP contribution in [0, 0.1) is 0 Å². The van der Waals surface area contributed by atoms with Crippen molar-refractivity contribution < 1.29 is 9.53 Å². The second-order valence-corrected chi connectivity index (χ2v) is 6.95. The maximum Gasteiger partial charge on any atom is 0.248 e. The lowest BCUT2D eigenvalue weighted by Gasteiger charge is -2.34. The zero-order valence-corrected chi connectivity index (χ0v) is 15.4. The van der Waals surface area contributed by atoms with Gasteiger partial charge in [-0.25, -0.2) is 0 Å². The Morgan fingerprint density at radius 1 is 1.15 bits per heavy atom. The molecule has 0 radical (unpaired) electrons. The van der Waals surface area contributed by atoms with E-state index in [1.165, 1.54) is 11.1 Å². The van der Waals surface area contributed by atoms with Crippen molar-refractivity contribution in [2.24, 2.45) is 7.05 Å². The molecule has 1 amide bonds. The molecule has 4 rings (SSSR count). The van der Waals surface area contributed by atoms with E-state index in [0.29, 0.717) is 19.7 Å². The predicted octanol–water partition coefficient (Wildman–Crippen LogP) is 3.11. The minimum absolute atomic E-state index is 0.0225. The average Bonchev–Trinajstić information content (AvgIpc) is 3.14. The number of hydrogen-bond donors (Lipinski definition) is 0. The fourth-order valence-electron chi connectivity index (χ4n) is 3.62. The second kappa shape index (κ2) is 7.76. The molecule has 27 heavy (non-hydrogen) atoms. The lowest BCUT2D eigenvalue weighted by atomic mass is 9.86. The van der Waals surface area contributed by atoms with Crippen LogP contribution in [0.3, 0.4) is 0 Å². The Bertz CT molecular complexity index is 920. The third kappa shape index (κ3) is 3.93. The molecule has 1 aliphatic rings. The second-order valence-electron chi connectivity index (χ2n) is 6.95. The first-order valence-corrected chi connectivity index (χ1v) is 9.16. The van der Waals surface area contributed by atoms with Crippen LogP contribution in [0.1, 0.15) is 28.2 Å². The zero-order valence-electron chi connectivity index (χ0n) is 15.4. The Morgan fingerprint density at radius 3 is 2.70 bits per heavy atom. The van der Waals surface area contributed by atoms with Crippen LogP contribution in [0.25, 0.3) is 0 Å². The molecule has 2 heterocycles. The fourth-order valence-corrected chi connectivity index (χ4v) is 3.62. The summed E-state index contributed by atoms with van der Waals surface area (Å²) in [5, 5.41) is 4.31. The van der Waals surface area contributed by atoms with Gasteiger partial charge in [-0.2, -0.15) is 5.10 Å². The van der Waals surface area contributed by atoms with Crippen molar-refractivity contribution in [1.82, 2.24) is 14.7 Å². The molecule has 138 valence electrons. The molecule has 3 aromatic rings. The molecule has 5 heteroatoms. The highest BCUT2D eigenvalue weighted by Crippen LogP contribution is 2.33. The monoisotopic (exact) mass is 361 g/mol. The topological polar surface area (TPSA) is 47.4 Å². The summed E-state index contributed by atoms with van der Waals surface area (Å²) in [7, 11) is 1.92. The summed E-state index contributed by atoms with van der Waals surface area (Å²) in [4.78, 5) is 14.7. The van der Waals surface area contributed by atoms with E-state index in [1.807, 2.05) is 65.4 Å². The molecule has 1 aromatic heterocycles. The van der Waals surface area contributed by atoms with Gasteiger partial charge in [-0.05, 0) is 22.3 Å². The van der Waals surface area contributed by atoms with Crippen molar-refractivity contribution >= 4 is 5.91 Å². The minimum atomic E-state index is 0.0225. The number of fused-ring (bicyclic) bond motifs is 1. The summed E-state index contributed by atoms with van der Waals surface area (Å²) < 4.78 is 7.47. The summed E-state index contributed by atoms with van der Waals surface area (Å²) in [6, 6.07) is 18.3. The first-order valence-electron chi connectivity index (χ1n) is 9.16. The fraction of sp³-hybridized carbons (Fsp3) is 0.273. The van der Waals surface area contributed by atoms with Gasteiger partial charge >= 0.3 is 0 Å². The quantitative estimate of drug-likeness (QED) is 0.702. The first kappa shape index (κ1) is 17.5. The van der Waals surface area contributed by atoms with Gasteiger partial charge in [-0.1, -0.05) is 54.6 Å². The summed E-state index contributed by atoms with van der Waals surface area (Å²) in [5.74, 6) is 0.163. The molecule has 0 saturated carbocycles. The van der Waals surface area contributed by atoms with Gasteiger partial charge in [0.1, 0.15) is 6.61 Å². The molecule has 0 spiro atoms. The van der Waals surface area contributed by atoms with Crippen LogP contribution < -0.4 is 0 Å². The first-order chi connectivity index (χ1) is 13.2. The highest BCUT2D eigenvalue weighted by molar-refractivity contribution is 5.78. The molecule has 0 fully saturated rings. The summed E-state index contributed by atoms with van der Waals surface area (Å²) >= 11 is 0. The maximum atomic E-state index is 12.8. The number of ether oxygens (including phenoxy) is 1. The molecule has 1 atom stereocenters. The molecule has 0 N–H and O–H groups in total. The molecule has 0 aliphatic carbocycles. The number of nitrogens with zero attached hydrogens (tertiary/aromatic N) is 3. The van der Waals surface area contributed by atoms with E-state index in [9.17, 15) is 4.79 Å². The number of benzene rings is 2. The van der Waals surface area contributed by atoms with Crippen LogP contribution in [0.4, 0.5) is 0 Å².